The summed E-state index contributed by atoms with van der Waals surface area (Å²) in [5.74, 6) is 7.02. The van der Waals surface area contributed by atoms with Crippen molar-refractivity contribution < 1.29 is 0 Å². The number of guanidine groups is 1. The van der Waals surface area contributed by atoms with Gasteiger partial charge in [-0.05, 0) is 25.7 Å². The van der Waals surface area contributed by atoms with Gasteiger partial charge in [-0.3, -0.25) is 10.4 Å². The smallest absolute Gasteiger partial charge is 0.208 e. The van der Waals surface area contributed by atoms with Crippen LogP contribution in [0.25, 0.3) is 0 Å². The van der Waals surface area contributed by atoms with E-state index >= 15 is 0 Å². The highest BCUT2D eigenvalue weighted by molar-refractivity contribution is 5.79. The van der Waals surface area contributed by atoms with Gasteiger partial charge in [0.05, 0.1) is 0 Å². The Morgan fingerprint density at radius 2 is 2.31 bits per heavy atom. The van der Waals surface area contributed by atoms with Gasteiger partial charge in [0, 0.05) is 20.1 Å². The molecule has 0 bridgehead atoms. The summed E-state index contributed by atoms with van der Waals surface area (Å²) in [5, 5.41) is 0. The molecule has 0 amide bonds. The predicted molar refractivity (Wildman–Crippen MR) is 55.3 cm³/mol. The lowest BCUT2D eigenvalue weighted by Crippen LogP contribution is -2.45. The third-order valence-electron chi connectivity index (χ3n) is 2.56. The van der Waals surface area contributed by atoms with Crippen molar-refractivity contribution in [1.82, 2.24) is 10.3 Å². The highest BCUT2D eigenvalue weighted by Gasteiger charge is 2.20. The fourth-order valence-corrected chi connectivity index (χ4v) is 1.58. The van der Waals surface area contributed by atoms with Gasteiger partial charge in [0.25, 0.3) is 0 Å². The molecular formula is C9H20N4. The van der Waals surface area contributed by atoms with Crippen LogP contribution in [0.15, 0.2) is 4.99 Å². The fourth-order valence-electron chi connectivity index (χ4n) is 1.58. The quantitative estimate of drug-likeness (QED) is 0.291. The van der Waals surface area contributed by atoms with E-state index in [-0.39, 0.29) is 0 Å². The first-order chi connectivity index (χ1) is 6.27. The molecule has 0 saturated heterocycles. The first kappa shape index (κ1) is 10.3. The second-order valence-corrected chi connectivity index (χ2v) is 3.62. The van der Waals surface area contributed by atoms with E-state index in [1.165, 1.54) is 19.3 Å². The second-order valence-electron chi connectivity index (χ2n) is 3.62. The number of nitrogens with zero attached hydrogens (tertiary/aromatic N) is 2. The summed E-state index contributed by atoms with van der Waals surface area (Å²) in [7, 11) is 2.03. The standard InChI is InChI=1S/C9H20N4/c1-3-11-9(12-10)13(2)7-8-5-4-6-8/h8H,3-7,10H2,1-2H3,(H,11,12). The van der Waals surface area contributed by atoms with Crippen molar-refractivity contribution in [2.75, 3.05) is 20.1 Å². The number of nitrogens with two attached hydrogens (primary N) is 1. The zero-order valence-electron chi connectivity index (χ0n) is 8.58. The highest BCUT2D eigenvalue weighted by atomic mass is 15.4. The largest absolute Gasteiger partial charge is 0.345 e. The van der Waals surface area contributed by atoms with Gasteiger partial charge in [-0.15, -0.1) is 0 Å². The van der Waals surface area contributed by atoms with Crippen molar-refractivity contribution in [3.05, 3.63) is 0 Å². The number of nitrogens with one attached hydrogen (secondary N) is 1. The van der Waals surface area contributed by atoms with E-state index < -0.39 is 0 Å². The molecule has 1 aliphatic carbocycles. The van der Waals surface area contributed by atoms with Gasteiger partial charge in [0.15, 0.2) is 0 Å². The molecule has 0 aromatic rings. The lowest BCUT2D eigenvalue weighted by Gasteiger charge is -2.31. The second kappa shape index (κ2) is 5.07. The summed E-state index contributed by atoms with van der Waals surface area (Å²) in [6.45, 7) is 3.85. The molecule has 0 aromatic carbocycles. The molecule has 0 aliphatic heterocycles. The molecule has 0 spiro atoms. The molecule has 4 nitrogen and oxygen atoms in total. The Labute approximate surface area is 80.2 Å². The van der Waals surface area contributed by atoms with Gasteiger partial charge in [0.1, 0.15) is 0 Å². The molecule has 0 unspecified atom stereocenters. The van der Waals surface area contributed by atoms with Gasteiger partial charge in [0.2, 0.25) is 5.96 Å². The Bertz CT molecular complexity index is 174. The summed E-state index contributed by atoms with van der Waals surface area (Å²) < 4.78 is 0. The van der Waals surface area contributed by atoms with E-state index in [1.807, 2.05) is 14.0 Å². The summed E-state index contributed by atoms with van der Waals surface area (Å²) in [6.07, 6.45) is 4.09. The number of rotatable bonds is 3. The lowest BCUT2D eigenvalue weighted by atomic mass is 9.85. The predicted octanol–water partition coefficient (Wildman–Crippen LogP) is 0.558. The molecule has 0 heterocycles. The Morgan fingerprint density at radius 1 is 1.62 bits per heavy atom. The molecule has 0 atom stereocenters. The maximum Gasteiger partial charge on any atom is 0.208 e. The van der Waals surface area contributed by atoms with E-state index in [2.05, 4.69) is 15.3 Å². The third kappa shape index (κ3) is 2.88. The number of hydrazine groups is 1. The lowest BCUT2D eigenvalue weighted by molar-refractivity contribution is 0.255. The van der Waals surface area contributed by atoms with Gasteiger partial charge in [-0.25, -0.2) is 5.84 Å². The molecule has 0 aromatic heterocycles. The molecule has 1 aliphatic rings. The normalized spacial score (nSPS) is 18.2. The molecule has 13 heavy (non-hydrogen) atoms. The summed E-state index contributed by atoms with van der Waals surface area (Å²) >= 11 is 0. The van der Waals surface area contributed by atoms with Crippen LogP contribution in [-0.2, 0) is 0 Å². The molecule has 1 fully saturated rings. The van der Waals surface area contributed by atoms with Crippen LogP contribution in [-0.4, -0.2) is 31.0 Å². The fraction of sp³-hybridized carbons (Fsp3) is 0.889. The molecule has 1 saturated carbocycles. The van der Waals surface area contributed by atoms with Gasteiger partial charge >= 0.3 is 0 Å². The first-order valence-corrected chi connectivity index (χ1v) is 5.00. The molecule has 1 rings (SSSR count). The van der Waals surface area contributed by atoms with Crippen LogP contribution in [0.1, 0.15) is 26.2 Å². The zero-order chi connectivity index (χ0) is 9.68. The van der Waals surface area contributed by atoms with Crippen LogP contribution in [0, 0.1) is 5.92 Å². The minimum absolute atomic E-state index is 0.772. The minimum atomic E-state index is 0.772. The van der Waals surface area contributed by atoms with Crippen molar-refractivity contribution in [1.29, 1.82) is 0 Å². The Hall–Kier alpha value is -0.770. The average molecular weight is 184 g/mol. The Balaban J connectivity index is 2.33. The van der Waals surface area contributed by atoms with Crippen LogP contribution in [0.5, 0.6) is 0 Å². The maximum atomic E-state index is 5.37. The molecule has 76 valence electrons. The van der Waals surface area contributed by atoms with Crippen LogP contribution in [0.2, 0.25) is 0 Å². The summed E-state index contributed by atoms with van der Waals surface area (Å²) in [6, 6.07) is 0. The number of hydrogen-bond donors (Lipinski definition) is 2. The maximum absolute atomic E-state index is 5.37. The van der Waals surface area contributed by atoms with E-state index in [0.717, 1.165) is 25.0 Å². The molecule has 3 N–H and O–H groups in total. The van der Waals surface area contributed by atoms with Crippen LogP contribution in [0.4, 0.5) is 0 Å². The van der Waals surface area contributed by atoms with Crippen LogP contribution in [0.3, 0.4) is 0 Å². The van der Waals surface area contributed by atoms with Gasteiger partial charge in [-0.1, -0.05) is 6.42 Å². The van der Waals surface area contributed by atoms with E-state index in [0.29, 0.717) is 0 Å². The highest BCUT2D eigenvalue weighted by Crippen LogP contribution is 2.26. The topological polar surface area (TPSA) is 53.6 Å². The molecular weight excluding hydrogens is 164 g/mol. The first-order valence-electron chi connectivity index (χ1n) is 5.00. The van der Waals surface area contributed by atoms with Crippen LogP contribution < -0.4 is 11.3 Å². The summed E-state index contributed by atoms with van der Waals surface area (Å²) in [5.41, 5.74) is 2.63. The van der Waals surface area contributed by atoms with Crippen molar-refractivity contribution in [3.63, 3.8) is 0 Å². The van der Waals surface area contributed by atoms with Crippen molar-refractivity contribution in [2.45, 2.75) is 26.2 Å². The number of hydrogen-bond acceptors (Lipinski definition) is 2. The minimum Gasteiger partial charge on any atom is -0.345 e. The van der Waals surface area contributed by atoms with Crippen molar-refractivity contribution in [3.8, 4) is 0 Å². The third-order valence-corrected chi connectivity index (χ3v) is 2.56. The average Bonchev–Trinajstić information content (AvgIpc) is 2.07. The van der Waals surface area contributed by atoms with E-state index in [1.54, 1.807) is 0 Å². The van der Waals surface area contributed by atoms with Crippen molar-refractivity contribution in [2.24, 2.45) is 16.8 Å². The number of aliphatic imine (C=N–C) groups is 1. The van der Waals surface area contributed by atoms with E-state index in [9.17, 15) is 0 Å². The van der Waals surface area contributed by atoms with Crippen molar-refractivity contribution >= 4 is 5.96 Å². The van der Waals surface area contributed by atoms with E-state index in [4.69, 9.17) is 5.84 Å². The zero-order valence-corrected chi connectivity index (χ0v) is 8.58. The SMILES string of the molecule is CCN=C(NN)N(C)CC1CCC1. The Kier molecular flexibility index (Phi) is 4.02. The monoisotopic (exact) mass is 184 g/mol. The van der Waals surface area contributed by atoms with Gasteiger partial charge in [-0.2, -0.15) is 0 Å². The van der Waals surface area contributed by atoms with Crippen LogP contribution >= 0.6 is 0 Å². The summed E-state index contributed by atoms with van der Waals surface area (Å²) in [4.78, 5) is 6.36. The Morgan fingerprint density at radius 3 is 2.69 bits per heavy atom. The molecule has 0 radical (unpaired) electrons. The van der Waals surface area contributed by atoms with Gasteiger partial charge < -0.3 is 4.90 Å². The molecule has 4 heteroatoms.